The van der Waals surface area contributed by atoms with E-state index < -0.39 is 79.9 Å². The number of hydrogen-bond acceptors (Lipinski definition) is 6. The third-order valence-corrected chi connectivity index (χ3v) is 7.71. The fourth-order valence-corrected chi connectivity index (χ4v) is 5.36. The molecule has 0 radical (unpaired) electrons. The number of benzene rings is 2. The van der Waals surface area contributed by atoms with Crippen molar-refractivity contribution in [2.45, 2.75) is 44.2 Å². The highest BCUT2D eigenvalue weighted by molar-refractivity contribution is 7.97. The standard InChI is InChI=1S/C29H31F6N5O5S/c1-40-21-10-6-5-9-20(21)22(17-7-3-2-4-8-17)37-23(26(40)43)38-24(41)18(11-13-28(30,31)32)19(12-14-29(33,34)35)25(42)39-46-16-15-36-27(44)45/h2-10,18-19,23,36H,11-16H2,1H3,(H,38,41)(H,39,42)(H,44,45)/t18-,19+,23-/m1/s1. The van der Waals surface area contributed by atoms with Crippen LogP contribution in [0.3, 0.4) is 0 Å². The third kappa shape index (κ3) is 10.7. The van der Waals surface area contributed by atoms with Gasteiger partial charge >= 0.3 is 18.4 Å². The van der Waals surface area contributed by atoms with E-state index in [9.17, 15) is 45.5 Å². The largest absolute Gasteiger partial charge is 0.465 e. The summed E-state index contributed by atoms with van der Waals surface area (Å²) in [4.78, 5) is 56.5. The van der Waals surface area contributed by atoms with Gasteiger partial charge in [0.25, 0.3) is 5.91 Å². The van der Waals surface area contributed by atoms with E-state index in [0.717, 1.165) is 0 Å². The number of hydrogen-bond donors (Lipinski definition) is 4. The van der Waals surface area contributed by atoms with Crippen LogP contribution < -0.4 is 20.3 Å². The van der Waals surface area contributed by atoms with Gasteiger partial charge in [-0.05, 0) is 30.9 Å². The minimum absolute atomic E-state index is 0.0656. The Labute approximate surface area is 264 Å². The lowest BCUT2D eigenvalue weighted by Crippen LogP contribution is -2.50. The molecule has 0 bridgehead atoms. The van der Waals surface area contributed by atoms with E-state index in [1.807, 2.05) is 5.32 Å². The topological polar surface area (TPSA) is 140 Å². The van der Waals surface area contributed by atoms with E-state index in [1.165, 1.54) is 11.9 Å². The molecular formula is C29H31F6N5O5S. The van der Waals surface area contributed by atoms with Crippen molar-refractivity contribution in [1.29, 1.82) is 0 Å². The molecule has 0 aliphatic carbocycles. The van der Waals surface area contributed by atoms with E-state index in [2.05, 4.69) is 15.0 Å². The Kier molecular flexibility index (Phi) is 12.4. The number of carboxylic acid groups (broad SMARTS) is 1. The molecule has 1 aliphatic rings. The summed E-state index contributed by atoms with van der Waals surface area (Å²) in [6.07, 6.45) is -17.9. The lowest BCUT2D eigenvalue weighted by atomic mass is 9.83. The molecule has 3 atom stereocenters. The first kappa shape index (κ1) is 36.2. The number of nitrogens with zero attached hydrogens (tertiary/aromatic N) is 2. The van der Waals surface area contributed by atoms with E-state index in [1.54, 1.807) is 54.6 Å². The summed E-state index contributed by atoms with van der Waals surface area (Å²) in [6.45, 7) is -0.160. The van der Waals surface area contributed by atoms with Crippen LogP contribution >= 0.6 is 11.9 Å². The Hall–Kier alpha value is -4.28. The second-order valence-corrected chi connectivity index (χ2v) is 11.1. The molecule has 0 fully saturated rings. The summed E-state index contributed by atoms with van der Waals surface area (Å²) in [6, 6.07) is 15.2. The molecule has 0 unspecified atom stereocenters. The number of likely N-dealkylation sites (N-methyl/N-ethyl adjacent to an activating group) is 1. The number of benzodiazepines with no additional fused rings is 1. The number of para-hydroxylation sites is 1. The number of anilines is 1. The van der Waals surface area contributed by atoms with Crippen molar-refractivity contribution >= 4 is 47.2 Å². The van der Waals surface area contributed by atoms with Gasteiger partial charge in [-0.1, -0.05) is 48.5 Å². The minimum Gasteiger partial charge on any atom is -0.465 e. The zero-order valence-corrected chi connectivity index (χ0v) is 25.1. The SMILES string of the molecule is CN1C(=O)[C@@H](NC(=O)[C@H](CCC(F)(F)F)[C@H](CCC(F)(F)F)C(=O)NSCCNC(=O)O)N=C(c2ccccc2)c2ccccc21. The number of halogens is 6. The van der Waals surface area contributed by atoms with Crippen LogP contribution in [0.15, 0.2) is 59.6 Å². The van der Waals surface area contributed by atoms with Crippen molar-refractivity contribution in [3.8, 4) is 0 Å². The van der Waals surface area contributed by atoms with Crippen molar-refractivity contribution in [3.63, 3.8) is 0 Å². The van der Waals surface area contributed by atoms with E-state index in [-0.39, 0.29) is 18.0 Å². The van der Waals surface area contributed by atoms with Crippen molar-refractivity contribution in [1.82, 2.24) is 15.4 Å². The Balaban J connectivity index is 1.97. The number of rotatable bonds is 13. The van der Waals surface area contributed by atoms with Gasteiger partial charge in [0.05, 0.1) is 17.3 Å². The molecule has 1 heterocycles. The predicted octanol–water partition coefficient (Wildman–Crippen LogP) is 4.89. The molecule has 250 valence electrons. The summed E-state index contributed by atoms with van der Waals surface area (Å²) in [7, 11) is 1.40. The molecule has 0 saturated carbocycles. The van der Waals surface area contributed by atoms with Gasteiger partial charge in [-0.3, -0.25) is 19.1 Å². The average molecular weight is 676 g/mol. The van der Waals surface area contributed by atoms with Crippen molar-refractivity contribution in [2.75, 3.05) is 24.2 Å². The van der Waals surface area contributed by atoms with Gasteiger partial charge in [-0.2, -0.15) is 26.3 Å². The minimum atomic E-state index is -4.82. The van der Waals surface area contributed by atoms with Crippen LogP contribution in [-0.4, -0.2) is 72.5 Å². The predicted molar refractivity (Wildman–Crippen MR) is 158 cm³/mol. The summed E-state index contributed by atoms with van der Waals surface area (Å²) in [5.74, 6) is -7.10. The van der Waals surface area contributed by atoms with Gasteiger partial charge in [0, 0.05) is 49.2 Å². The normalized spacial score (nSPS) is 16.4. The number of amides is 4. The number of carbonyl (C=O) groups excluding carboxylic acids is 3. The van der Waals surface area contributed by atoms with Gasteiger partial charge in [0.1, 0.15) is 0 Å². The Morgan fingerprint density at radius 3 is 2.07 bits per heavy atom. The molecule has 2 aromatic carbocycles. The van der Waals surface area contributed by atoms with Gasteiger partial charge < -0.3 is 20.6 Å². The second-order valence-electron chi connectivity index (χ2n) is 10.2. The molecule has 0 spiro atoms. The van der Waals surface area contributed by atoms with Crippen LogP contribution in [0.1, 0.15) is 36.8 Å². The van der Waals surface area contributed by atoms with Gasteiger partial charge in [0.2, 0.25) is 18.0 Å². The molecular weight excluding hydrogens is 644 g/mol. The molecule has 0 aromatic heterocycles. The second kappa shape index (κ2) is 15.8. The Morgan fingerprint density at radius 2 is 1.48 bits per heavy atom. The van der Waals surface area contributed by atoms with Crippen LogP contribution in [-0.2, 0) is 14.4 Å². The molecule has 0 saturated heterocycles. The van der Waals surface area contributed by atoms with Crippen LogP contribution in [0, 0.1) is 11.8 Å². The fourth-order valence-electron chi connectivity index (χ4n) is 4.76. The Bertz CT molecular complexity index is 1420. The van der Waals surface area contributed by atoms with Crippen LogP contribution in [0.25, 0.3) is 0 Å². The molecule has 4 amide bonds. The molecule has 46 heavy (non-hydrogen) atoms. The van der Waals surface area contributed by atoms with Gasteiger partial charge in [0.15, 0.2) is 0 Å². The van der Waals surface area contributed by atoms with Gasteiger partial charge in [-0.25, -0.2) is 9.79 Å². The number of aliphatic imine (C=N–C) groups is 1. The molecule has 17 heteroatoms. The van der Waals surface area contributed by atoms with Crippen molar-refractivity contribution in [2.24, 2.45) is 16.8 Å². The van der Waals surface area contributed by atoms with E-state index in [4.69, 9.17) is 5.11 Å². The lowest BCUT2D eigenvalue weighted by molar-refractivity contribution is -0.152. The summed E-state index contributed by atoms with van der Waals surface area (Å²) >= 11 is 0.605. The van der Waals surface area contributed by atoms with Crippen molar-refractivity contribution < 1.29 is 50.6 Å². The molecule has 1 aliphatic heterocycles. The average Bonchev–Trinajstić information content (AvgIpc) is 3.08. The zero-order chi connectivity index (χ0) is 34.1. The fraction of sp³-hybridized carbons (Fsp3) is 0.414. The first-order chi connectivity index (χ1) is 21.6. The molecule has 2 aromatic rings. The third-order valence-electron chi connectivity index (χ3n) is 6.96. The van der Waals surface area contributed by atoms with Gasteiger partial charge in [-0.15, -0.1) is 0 Å². The monoisotopic (exact) mass is 675 g/mol. The smallest absolute Gasteiger partial charge is 0.404 e. The van der Waals surface area contributed by atoms with Crippen LogP contribution in [0.5, 0.6) is 0 Å². The molecule has 10 nitrogen and oxygen atoms in total. The first-order valence-electron chi connectivity index (χ1n) is 13.9. The molecule has 4 N–H and O–H groups in total. The number of fused-ring (bicyclic) bond motifs is 1. The maximum atomic E-state index is 13.7. The summed E-state index contributed by atoms with van der Waals surface area (Å²) in [5, 5.41) is 13.0. The Morgan fingerprint density at radius 1 is 0.913 bits per heavy atom. The van der Waals surface area contributed by atoms with Crippen molar-refractivity contribution in [3.05, 3.63) is 65.7 Å². The summed E-state index contributed by atoms with van der Waals surface area (Å²) in [5.41, 5.74) is 1.73. The summed E-state index contributed by atoms with van der Waals surface area (Å²) < 4.78 is 81.9. The lowest BCUT2D eigenvalue weighted by Gasteiger charge is -2.28. The maximum Gasteiger partial charge on any atom is 0.404 e. The van der Waals surface area contributed by atoms with E-state index in [0.29, 0.717) is 28.8 Å². The first-order valence-corrected chi connectivity index (χ1v) is 14.9. The highest BCUT2D eigenvalue weighted by atomic mass is 32.2. The number of carbonyl (C=O) groups is 4. The zero-order valence-electron chi connectivity index (χ0n) is 24.3. The molecule has 3 rings (SSSR count). The maximum absolute atomic E-state index is 13.7. The van der Waals surface area contributed by atoms with E-state index >= 15 is 0 Å². The highest BCUT2D eigenvalue weighted by Crippen LogP contribution is 2.34. The van der Waals surface area contributed by atoms with Crippen LogP contribution in [0.4, 0.5) is 36.8 Å². The van der Waals surface area contributed by atoms with Crippen LogP contribution in [0.2, 0.25) is 0 Å². The quantitative estimate of drug-likeness (QED) is 0.136. The highest BCUT2D eigenvalue weighted by Gasteiger charge is 2.41. The number of alkyl halides is 6. The number of nitrogens with one attached hydrogen (secondary N) is 3.